The largest absolute Gasteiger partial charge is 0.480 e. The molecule has 31 heavy (non-hydrogen) atoms. The van der Waals surface area contributed by atoms with E-state index < -0.39 is 12.0 Å². The van der Waals surface area contributed by atoms with Crippen LogP contribution in [-0.2, 0) is 16.1 Å². The molecule has 0 spiro atoms. The molecule has 0 radical (unpaired) electrons. The first-order valence-electron chi connectivity index (χ1n) is 10.1. The van der Waals surface area contributed by atoms with E-state index in [1.807, 2.05) is 11.0 Å². The molecule has 2 fully saturated rings. The highest BCUT2D eigenvalue weighted by atomic mass is 35.5. The Morgan fingerprint density at radius 2 is 2.00 bits per heavy atom. The molecule has 4 rings (SSSR count). The molecule has 166 valence electrons. The van der Waals surface area contributed by atoms with Crippen molar-refractivity contribution >= 4 is 42.9 Å². The van der Waals surface area contributed by atoms with Gasteiger partial charge in [-0.05, 0) is 43.0 Å². The van der Waals surface area contributed by atoms with E-state index in [0.29, 0.717) is 30.8 Å². The zero-order valence-corrected chi connectivity index (χ0v) is 18.6. The summed E-state index contributed by atoms with van der Waals surface area (Å²) in [6, 6.07) is 7.61. The van der Waals surface area contributed by atoms with Crippen LogP contribution in [0.15, 0.2) is 42.1 Å². The lowest BCUT2D eigenvalue weighted by Gasteiger charge is -2.37. The molecule has 1 saturated heterocycles. The first-order valence-corrected chi connectivity index (χ1v) is 10.6. The monoisotopic (exact) mass is 465 g/mol. The Balaban J connectivity index is 0.00000272. The maximum absolute atomic E-state index is 14.6. The summed E-state index contributed by atoms with van der Waals surface area (Å²) < 4.78 is 16.0. The molecule has 1 aromatic carbocycles. The number of carbonyl (C=O) groups is 2. The number of aliphatic carboxylic acids is 1. The van der Waals surface area contributed by atoms with Crippen LogP contribution >= 0.6 is 25.0 Å². The zero-order valence-electron chi connectivity index (χ0n) is 16.9. The molecule has 2 heterocycles. The molecule has 1 aliphatic carbocycles. The number of Topliss-reactive ketones (excluding diaryl/α,β-unsaturated/α-hetero) is 1. The number of hydrogen-bond donors (Lipinski definition) is 2. The summed E-state index contributed by atoms with van der Waals surface area (Å²) >= 11 is 4.69. The summed E-state index contributed by atoms with van der Waals surface area (Å²) in [5.74, 6) is -1.25. The van der Waals surface area contributed by atoms with E-state index in [1.165, 1.54) is 10.7 Å². The van der Waals surface area contributed by atoms with Crippen molar-refractivity contribution in [2.75, 3.05) is 13.1 Å². The van der Waals surface area contributed by atoms with Gasteiger partial charge in [-0.25, -0.2) is 4.39 Å². The molecule has 2 aromatic rings. The highest BCUT2D eigenvalue weighted by molar-refractivity contribution is 7.81. The number of carboxylic acid groups (broad SMARTS) is 1. The molecule has 2 aliphatic rings. The summed E-state index contributed by atoms with van der Waals surface area (Å²) in [5.41, 5.74) is 2.05. The summed E-state index contributed by atoms with van der Waals surface area (Å²) in [6.07, 6.45) is 5.89. The molecule has 1 aromatic heterocycles. The maximum Gasteiger partial charge on any atom is 0.325 e. The normalized spacial score (nSPS) is 21.5. The van der Waals surface area contributed by atoms with Crippen LogP contribution in [0.2, 0.25) is 0 Å². The van der Waals surface area contributed by atoms with Gasteiger partial charge in [0, 0.05) is 36.0 Å². The summed E-state index contributed by atoms with van der Waals surface area (Å²) in [5, 5.41) is 13.1. The van der Waals surface area contributed by atoms with Gasteiger partial charge in [-0.1, -0.05) is 18.2 Å². The van der Waals surface area contributed by atoms with E-state index in [1.54, 1.807) is 30.5 Å². The second kappa shape index (κ2) is 9.97. The lowest BCUT2D eigenvalue weighted by atomic mass is 9.93. The molecule has 1 aliphatic heterocycles. The van der Waals surface area contributed by atoms with Crippen LogP contribution in [0.1, 0.15) is 36.6 Å². The van der Waals surface area contributed by atoms with E-state index in [9.17, 15) is 14.0 Å². The van der Waals surface area contributed by atoms with Crippen molar-refractivity contribution in [3.8, 4) is 0 Å². The number of halogens is 2. The van der Waals surface area contributed by atoms with Gasteiger partial charge < -0.3 is 5.11 Å². The first kappa shape index (κ1) is 23.5. The number of carbonyl (C=O) groups excluding carboxylic acids is 1. The maximum atomic E-state index is 14.6. The van der Waals surface area contributed by atoms with Gasteiger partial charge in [-0.2, -0.15) is 17.7 Å². The minimum atomic E-state index is -0.972. The van der Waals surface area contributed by atoms with E-state index in [0.717, 1.165) is 18.4 Å². The fraction of sp³-hybridized carbons (Fsp3) is 0.409. The van der Waals surface area contributed by atoms with E-state index >= 15 is 0 Å². The fourth-order valence-electron chi connectivity index (χ4n) is 3.99. The van der Waals surface area contributed by atoms with Crippen LogP contribution in [0.5, 0.6) is 0 Å². The third-order valence-electron chi connectivity index (χ3n) is 5.69. The van der Waals surface area contributed by atoms with Gasteiger partial charge in [0.05, 0.1) is 11.7 Å². The number of likely N-dealkylation sites (tertiary alicyclic amines) is 1. The van der Waals surface area contributed by atoms with Crippen molar-refractivity contribution < 1.29 is 19.1 Å². The van der Waals surface area contributed by atoms with E-state index in [4.69, 9.17) is 17.7 Å². The SMILES string of the molecule is Cl.O=C(O)Cn1nccc1/C=C1/CN(C(C(=O)C2CC2)c2ccccc2F)CCC1S. The molecule has 0 amide bonds. The smallest absolute Gasteiger partial charge is 0.325 e. The number of thiol groups is 1. The lowest BCUT2D eigenvalue weighted by molar-refractivity contribution is -0.138. The van der Waals surface area contributed by atoms with Gasteiger partial charge in [0.1, 0.15) is 12.4 Å². The Bertz CT molecular complexity index is 992. The molecule has 0 bridgehead atoms. The van der Waals surface area contributed by atoms with Crippen LogP contribution in [0.3, 0.4) is 0 Å². The number of rotatable bonds is 7. The Labute approximate surface area is 191 Å². The molecule has 1 N–H and O–H groups in total. The Kier molecular flexibility index (Phi) is 7.56. The van der Waals surface area contributed by atoms with Crippen molar-refractivity contribution in [3.63, 3.8) is 0 Å². The minimum Gasteiger partial charge on any atom is -0.480 e. The topological polar surface area (TPSA) is 75.4 Å². The average Bonchev–Trinajstić information content (AvgIpc) is 3.48. The third-order valence-corrected chi connectivity index (χ3v) is 6.28. The molecule has 6 nitrogen and oxygen atoms in total. The summed E-state index contributed by atoms with van der Waals surface area (Å²) in [6.45, 7) is 0.867. The van der Waals surface area contributed by atoms with Crippen molar-refractivity contribution in [1.29, 1.82) is 0 Å². The number of hydrogen-bond acceptors (Lipinski definition) is 5. The highest BCUT2D eigenvalue weighted by Gasteiger charge is 2.40. The highest BCUT2D eigenvalue weighted by Crippen LogP contribution is 2.39. The second-order valence-electron chi connectivity index (χ2n) is 7.90. The van der Waals surface area contributed by atoms with Crippen LogP contribution in [0.4, 0.5) is 4.39 Å². The average molecular weight is 466 g/mol. The van der Waals surface area contributed by atoms with Gasteiger partial charge in [0.25, 0.3) is 0 Å². The number of aromatic nitrogens is 2. The van der Waals surface area contributed by atoms with Gasteiger partial charge in [-0.3, -0.25) is 19.2 Å². The molecule has 1 saturated carbocycles. The van der Waals surface area contributed by atoms with Crippen molar-refractivity contribution in [2.24, 2.45) is 5.92 Å². The van der Waals surface area contributed by atoms with Crippen LogP contribution in [-0.4, -0.2) is 49.9 Å². The van der Waals surface area contributed by atoms with Crippen molar-refractivity contribution in [3.05, 3.63) is 59.2 Å². The van der Waals surface area contributed by atoms with E-state index in [2.05, 4.69) is 5.10 Å². The molecular weight excluding hydrogens is 441 g/mol. The molecule has 9 heteroatoms. The summed E-state index contributed by atoms with van der Waals surface area (Å²) in [4.78, 5) is 26.2. The number of piperidine rings is 1. The van der Waals surface area contributed by atoms with Gasteiger partial charge >= 0.3 is 5.97 Å². The fourth-order valence-corrected chi connectivity index (χ4v) is 4.26. The predicted molar refractivity (Wildman–Crippen MR) is 121 cm³/mol. The minimum absolute atomic E-state index is 0. The van der Waals surface area contributed by atoms with Gasteiger partial charge in [0.2, 0.25) is 0 Å². The van der Waals surface area contributed by atoms with Gasteiger partial charge in [-0.15, -0.1) is 12.4 Å². The van der Waals surface area contributed by atoms with Crippen molar-refractivity contribution in [2.45, 2.75) is 37.1 Å². The number of ketones is 1. The number of nitrogens with zero attached hydrogens (tertiary/aromatic N) is 3. The standard InChI is InChI=1S/C22H24FN3O3S.ClH/c23-18-4-2-1-3-17(18)21(22(29)14-5-6-14)25-10-8-19(30)15(12-25)11-16-7-9-24-26(16)13-20(27)28;/h1-4,7,9,11,14,19,21,30H,5-6,8,10,12-13H2,(H,27,28);1H/b15-11-;. The molecule has 2 unspecified atom stereocenters. The Hall–Kier alpha value is -2.16. The molecule has 2 atom stereocenters. The van der Waals surface area contributed by atoms with Crippen LogP contribution < -0.4 is 0 Å². The Morgan fingerprint density at radius 3 is 2.68 bits per heavy atom. The van der Waals surface area contributed by atoms with E-state index in [-0.39, 0.29) is 41.7 Å². The van der Waals surface area contributed by atoms with Crippen LogP contribution in [0.25, 0.3) is 6.08 Å². The first-order chi connectivity index (χ1) is 14.4. The van der Waals surface area contributed by atoms with Gasteiger partial charge in [0.15, 0.2) is 5.78 Å². The quantitative estimate of drug-likeness (QED) is 0.611. The number of benzene rings is 1. The molecular formula is C22H25ClFN3O3S. The summed E-state index contributed by atoms with van der Waals surface area (Å²) in [7, 11) is 0. The zero-order chi connectivity index (χ0) is 21.3. The number of carboxylic acids is 1. The third kappa shape index (κ3) is 5.37. The lowest BCUT2D eigenvalue weighted by Crippen LogP contribution is -2.42. The van der Waals surface area contributed by atoms with Crippen molar-refractivity contribution in [1.82, 2.24) is 14.7 Å². The Morgan fingerprint density at radius 1 is 1.26 bits per heavy atom. The predicted octanol–water partition coefficient (Wildman–Crippen LogP) is 3.64. The van der Waals surface area contributed by atoms with Crippen LogP contribution in [0, 0.1) is 11.7 Å². The second-order valence-corrected chi connectivity index (χ2v) is 8.53.